The lowest BCUT2D eigenvalue weighted by Gasteiger charge is -2.34. The van der Waals surface area contributed by atoms with Gasteiger partial charge in [0.1, 0.15) is 22.3 Å². The molecule has 294 valence electrons. The second-order valence-corrected chi connectivity index (χ2v) is 16.3. The van der Waals surface area contributed by atoms with Gasteiger partial charge in [0.05, 0.1) is 5.41 Å². The summed E-state index contributed by atoms with van der Waals surface area (Å²) < 4.78 is 12.7. The lowest BCUT2D eigenvalue weighted by Crippen LogP contribution is -2.28. The molecule has 0 saturated heterocycles. The molecule has 0 radical (unpaired) electrons. The summed E-state index contributed by atoms with van der Waals surface area (Å²) in [4.78, 5) is 15.0. The van der Waals surface area contributed by atoms with Crippen LogP contribution >= 0.6 is 0 Å². The molecule has 3 heterocycles. The maximum absolute atomic E-state index is 6.50. The lowest BCUT2D eigenvalue weighted by atomic mass is 9.67. The maximum Gasteiger partial charge on any atom is 0.164 e. The molecule has 5 heteroatoms. The van der Waals surface area contributed by atoms with Gasteiger partial charge in [0.2, 0.25) is 0 Å². The summed E-state index contributed by atoms with van der Waals surface area (Å²) in [6.07, 6.45) is 0. The summed E-state index contributed by atoms with van der Waals surface area (Å²) in [7, 11) is 0. The molecule has 63 heavy (non-hydrogen) atoms. The SMILES string of the molecule is c1ccc(-c2nc(-c3ccc(-c4ccc(C5(c6ccc7c(c6)oc6ccccc67)c6ccccc6-c6ccccc65)cc4)cc3)nc(-c3ccc4c(c3)oc3ccccc34)n2)cc1. The van der Waals surface area contributed by atoms with Crippen LogP contribution in [0.1, 0.15) is 22.3 Å². The average Bonchev–Trinajstić information content (AvgIpc) is 4.02. The fraction of sp³-hybridized carbons (Fsp3) is 0.0172. The normalized spacial score (nSPS) is 12.9. The van der Waals surface area contributed by atoms with Gasteiger partial charge in [-0.2, -0.15) is 0 Å². The van der Waals surface area contributed by atoms with E-state index in [1.165, 1.54) is 33.4 Å². The van der Waals surface area contributed by atoms with E-state index in [-0.39, 0.29) is 0 Å². The monoisotopic (exact) mass is 805 g/mol. The van der Waals surface area contributed by atoms with E-state index in [4.69, 9.17) is 23.8 Å². The Balaban J connectivity index is 0.895. The Morgan fingerprint density at radius 1 is 0.286 bits per heavy atom. The second kappa shape index (κ2) is 13.8. The Labute approximate surface area is 362 Å². The van der Waals surface area contributed by atoms with Crippen molar-refractivity contribution >= 4 is 43.9 Å². The van der Waals surface area contributed by atoms with Crippen molar-refractivity contribution in [2.75, 3.05) is 0 Å². The van der Waals surface area contributed by atoms with Crippen molar-refractivity contribution in [2.45, 2.75) is 5.41 Å². The molecule has 0 saturated carbocycles. The van der Waals surface area contributed by atoms with Gasteiger partial charge in [0, 0.05) is 38.2 Å². The van der Waals surface area contributed by atoms with Crippen LogP contribution < -0.4 is 0 Å². The summed E-state index contributed by atoms with van der Waals surface area (Å²) in [5.41, 5.74) is 15.2. The third-order valence-corrected chi connectivity index (χ3v) is 12.9. The minimum atomic E-state index is -0.551. The van der Waals surface area contributed by atoms with E-state index in [9.17, 15) is 0 Å². The summed E-state index contributed by atoms with van der Waals surface area (Å²) in [5, 5.41) is 4.40. The van der Waals surface area contributed by atoms with Gasteiger partial charge >= 0.3 is 0 Å². The topological polar surface area (TPSA) is 65.0 Å². The van der Waals surface area contributed by atoms with E-state index in [1.807, 2.05) is 66.7 Å². The predicted octanol–water partition coefficient (Wildman–Crippen LogP) is 14.7. The van der Waals surface area contributed by atoms with Crippen LogP contribution in [0.4, 0.5) is 0 Å². The Bertz CT molecular complexity index is 3690. The molecular formula is C58H35N3O2. The molecule has 9 aromatic carbocycles. The van der Waals surface area contributed by atoms with E-state index in [0.717, 1.165) is 71.7 Å². The summed E-state index contributed by atoms with van der Waals surface area (Å²) in [5.74, 6) is 1.81. The molecular weight excluding hydrogens is 771 g/mol. The molecule has 0 amide bonds. The summed E-state index contributed by atoms with van der Waals surface area (Å²) >= 11 is 0. The fourth-order valence-electron chi connectivity index (χ4n) is 9.92. The minimum absolute atomic E-state index is 0.551. The smallest absolute Gasteiger partial charge is 0.164 e. The van der Waals surface area contributed by atoms with Gasteiger partial charge in [-0.1, -0.05) is 182 Å². The van der Waals surface area contributed by atoms with Crippen molar-refractivity contribution < 1.29 is 8.83 Å². The fourth-order valence-corrected chi connectivity index (χ4v) is 9.92. The van der Waals surface area contributed by atoms with E-state index < -0.39 is 5.41 Å². The summed E-state index contributed by atoms with van der Waals surface area (Å²) in [6, 6.07) is 74.7. The molecule has 0 atom stereocenters. The first-order chi connectivity index (χ1) is 31.2. The summed E-state index contributed by atoms with van der Waals surface area (Å²) in [6.45, 7) is 0. The highest BCUT2D eigenvalue weighted by molar-refractivity contribution is 6.06. The van der Waals surface area contributed by atoms with Crippen LogP contribution in [0, 0.1) is 0 Å². The second-order valence-electron chi connectivity index (χ2n) is 16.3. The quantitative estimate of drug-likeness (QED) is 0.167. The third-order valence-electron chi connectivity index (χ3n) is 12.9. The van der Waals surface area contributed by atoms with Crippen molar-refractivity contribution in [3.05, 3.63) is 235 Å². The highest BCUT2D eigenvalue weighted by Crippen LogP contribution is 2.56. The van der Waals surface area contributed by atoms with Gasteiger partial charge in [-0.3, -0.25) is 0 Å². The number of fused-ring (bicyclic) bond motifs is 9. The van der Waals surface area contributed by atoms with Gasteiger partial charge in [-0.15, -0.1) is 0 Å². The Morgan fingerprint density at radius 2 is 0.698 bits per heavy atom. The molecule has 0 N–H and O–H groups in total. The van der Waals surface area contributed by atoms with Crippen LogP contribution in [-0.4, -0.2) is 15.0 Å². The highest BCUT2D eigenvalue weighted by atomic mass is 16.3. The van der Waals surface area contributed by atoms with Crippen LogP contribution in [0.5, 0.6) is 0 Å². The molecule has 0 aliphatic heterocycles. The number of hydrogen-bond acceptors (Lipinski definition) is 5. The molecule has 0 spiro atoms. The molecule has 13 rings (SSSR count). The van der Waals surface area contributed by atoms with E-state index >= 15 is 0 Å². The maximum atomic E-state index is 6.50. The number of benzene rings is 9. The number of aromatic nitrogens is 3. The standard InChI is InChI=1S/C58H35N3O2/c1-2-12-38(13-3-1)55-59-56(61-57(60-55)40-28-32-47-45-16-6-10-20-51(45)62-53(47)34-40)39-24-22-36(23-25-39)37-26-29-41(30-27-37)58(49-18-8-4-14-43(49)44-15-5-9-19-50(44)58)42-31-33-48-46-17-7-11-21-52(46)63-54(48)35-42/h1-35H. The third kappa shape index (κ3) is 5.46. The van der Waals surface area contributed by atoms with Crippen LogP contribution in [0.15, 0.2) is 221 Å². The van der Waals surface area contributed by atoms with Crippen molar-refractivity contribution in [1.29, 1.82) is 0 Å². The average molecular weight is 806 g/mol. The molecule has 1 aliphatic rings. The Kier molecular flexibility index (Phi) is 7.75. The number of hydrogen-bond donors (Lipinski definition) is 0. The van der Waals surface area contributed by atoms with E-state index in [2.05, 4.69) is 146 Å². The zero-order chi connectivity index (χ0) is 41.5. The van der Waals surface area contributed by atoms with Gasteiger partial charge in [-0.25, -0.2) is 15.0 Å². The molecule has 12 aromatic rings. The largest absolute Gasteiger partial charge is 0.456 e. The predicted molar refractivity (Wildman–Crippen MR) is 253 cm³/mol. The zero-order valence-corrected chi connectivity index (χ0v) is 33.9. The number of nitrogens with zero attached hydrogens (tertiary/aromatic N) is 3. The number of furan rings is 2. The van der Waals surface area contributed by atoms with E-state index in [0.29, 0.717) is 17.5 Å². The van der Waals surface area contributed by atoms with Gasteiger partial charge in [-0.05, 0) is 74.8 Å². The van der Waals surface area contributed by atoms with E-state index in [1.54, 1.807) is 0 Å². The Morgan fingerprint density at radius 3 is 1.32 bits per heavy atom. The number of rotatable bonds is 6. The first-order valence-corrected chi connectivity index (χ1v) is 21.2. The first kappa shape index (κ1) is 35.4. The first-order valence-electron chi connectivity index (χ1n) is 21.2. The molecule has 0 fully saturated rings. The molecule has 0 unspecified atom stereocenters. The Hall–Kier alpha value is -8.41. The molecule has 5 nitrogen and oxygen atoms in total. The van der Waals surface area contributed by atoms with Crippen LogP contribution in [-0.2, 0) is 5.41 Å². The molecule has 0 bridgehead atoms. The minimum Gasteiger partial charge on any atom is -0.456 e. The van der Waals surface area contributed by atoms with Gasteiger partial charge < -0.3 is 8.83 Å². The van der Waals surface area contributed by atoms with Crippen LogP contribution in [0.2, 0.25) is 0 Å². The molecule has 3 aromatic heterocycles. The van der Waals surface area contributed by atoms with Crippen molar-refractivity contribution in [3.8, 4) is 56.4 Å². The van der Waals surface area contributed by atoms with Gasteiger partial charge in [0.25, 0.3) is 0 Å². The van der Waals surface area contributed by atoms with Crippen molar-refractivity contribution in [1.82, 2.24) is 15.0 Å². The highest BCUT2D eigenvalue weighted by Gasteiger charge is 2.46. The van der Waals surface area contributed by atoms with Crippen LogP contribution in [0.25, 0.3) is 100 Å². The zero-order valence-electron chi connectivity index (χ0n) is 33.9. The number of para-hydroxylation sites is 2. The van der Waals surface area contributed by atoms with Crippen molar-refractivity contribution in [3.63, 3.8) is 0 Å². The van der Waals surface area contributed by atoms with Crippen LogP contribution in [0.3, 0.4) is 0 Å². The molecule has 1 aliphatic carbocycles. The van der Waals surface area contributed by atoms with Gasteiger partial charge in [0.15, 0.2) is 17.5 Å². The lowest BCUT2D eigenvalue weighted by molar-refractivity contribution is 0.665. The van der Waals surface area contributed by atoms with Crippen molar-refractivity contribution in [2.24, 2.45) is 0 Å².